The van der Waals surface area contributed by atoms with E-state index in [4.69, 9.17) is 5.73 Å². The summed E-state index contributed by atoms with van der Waals surface area (Å²) in [5, 5.41) is 0. The van der Waals surface area contributed by atoms with Gasteiger partial charge in [0.25, 0.3) is 0 Å². The first-order valence-electron chi connectivity index (χ1n) is 7.51. The zero-order valence-corrected chi connectivity index (χ0v) is 11.4. The summed E-state index contributed by atoms with van der Waals surface area (Å²) in [5.41, 5.74) is 6.31. The molecule has 0 spiro atoms. The lowest BCUT2D eigenvalue weighted by Gasteiger charge is -2.22. The molecule has 96 valence electrons. The topological polar surface area (TPSA) is 26.0 Å². The first-order valence-corrected chi connectivity index (χ1v) is 7.51. The van der Waals surface area contributed by atoms with Gasteiger partial charge in [0, 0.05) is 6.04 Å². The molecule has 1 unspecified atom stereocenters. The molecule has 0 aromatic carbocycles. The van der Waals surface area contributed by atoms with Gasteiger partial charge in [-0.1, -0.05) is 65.2 Å². The van der Waals surface area contributed by atoms with E-state index in [-0.39, 0.29) is 0 Å². The maximum Gasteiger partial charge on any atom is 0.00441 e. The Labute approximate surface area is 102 Å². The van der Waals surface area contributed by atoms with Crippen molar-refractivity contribution in [2.45, 2.75) is 84.1 Å². The molecule has 16 heavy (non-hydrogen) atoms. The van der Waals surface area contributed by atoms with E-state index in [1.807, 2.05) is 0 Å². The number of hydrogen-bond donors (Lipinski definition) is 1. The Morgan fingerprint density at radius 1 is 1.00 bits per heavy atom. The molecule has 0 bridgehead atoms. The third-order valence-electron chi connectivity index (χ3n) is 4.40. The molecule has 1 saturated carbocycles. The van der Waals surface area contributed by atoms with Gasteiger partial charge in [0.1, 0.15) is 0 Å². The molecular formula is C15H31N. The first-order chi connectivity index (χ1) is 7.76. The summed E-state index contributed by atoms with van der Waals surface area (Å²) >= 11 is 0. The van der Waals surface area contributed by atoms with Crippen LogP contribution in [0.1, 0.15) is 78.1 Å². The molecule has 0 aromatic heterocycles. The van der Waals surface area contributed by atoms with Crippen LogP contribution in [0.3, 0.4) is 0 Å². The second-order valence-corrected chi connectivity index (χ2v) is 5.77. The van der Waals surface area contributed by atoms with Crippen molar-refractivity contribution in [2.75, 3.05) is 0 Å². The average molecular weight is 225 g/mol. The van der Waals surface area contributed by atoms with Crippen LogP contribution in [0.25, 0.3) is 0 Å². The van der Waals surface area contributed by atoms with Gasteiger partial charge in [-0.2, -0.15) is 0 Å². The van der Waals surface area contributed by atoms with E-state index in [0.717, 1.165) is 11.8 Å². The van der Waals surface area contributed by atoms with E-state index in [1.54, 1.807) is 0 Å². The van der Waals surface area contributed by atoms with Crippen LogP contribution in [0.4, 0.5) is 0 Å². The van der Waals surface area contributed by atoms with E-state index < -0.39 is 0 Å². The normalized spacial score (nSPS) is 21.0. The second-order valence-electron chi connectivity index (χ2n) is 5.77. The standard InChI is InChI=1S/C15H31N/c1-3-13(4-2)11-15(16)12-14-9-7-5-6-8-10-14/h13-15H,3-12,16H2,1-2H3. The molecular weight excluding hydrogens is 194 g/mol. The molecule has 1 aliphatic carbocycles. The highest BCUT2D eigenvalue weighted by Gasteiger charge is 2.17. The smallest absolute Gasteiger partial charge is 0.00441 e. The molecule has 1 heteroatoms. The zero-order chi connectivity index (χ0) is 11.8. The van der Waals surface area contributed by atoms with Gasteiger partial charge >= 0.3 is 0 Å². The van der Waals surface area contributed by atoms with Gasteiger partial charge in [-0.15, -0.1) is 0 Å². The third-order valence-corrected chi connectivity index (χ3v) is 4.40. The van der Waals surface area contributed by atoms with E-state index in [0.29, 0.717) is 6.04 Å². The van der Waals surface area contributed by atoms with Crippen molar-refractivity contribution in [1.29, 1.82) is 0 Å². The quantitative estimate of drug-likeness (QED) is 0.662. The van der Waals surface area contributed by atoms with Crippen molar-refractivity contribution in [3.05, 3.63) is 0 Å². The largest absolute Gasteiger partial charge is 0.328 e. The predicted octanol–water partition coefficient (Wildman–Crippen LogP) is 4.50. The molecule has 1 aliphatic rings. The lowest BCUT2D eigenvalue weighted by Crippen LogP contribution is -2.26. The van der Waals surface area contributed by atoms with E-state index in [2.05, 4.69) is 13.8 Å². The molecule has 1 fully saturated rings. The molecule has 2 N–H and O–H groups in total. The van der Waals surface area contributed by atoms with Crippen molar-refractivity contribution >= 4 is 0 Å². The first kappa shape index (κ1) is 14.0. The van der Waals surface area contributed by atoms with Gasteiger partial charge in [0.2, 0.25) is 0 Å². The maximum atomic E-state index is 6.31. The molecule has 0 amide bonds. The summed E-state index contributed by atoms with van der Waals surface area (Å²) in [6.07, 6.45) is 13.8. The molecule has 0 radical (unpaired) electrons. The lowest BCUT2D eigenvalue weighted by molar-refractivity contribution is 0.333. The highest BCUT2D eigenvalue weighted by molar-refractivity contribution is 4.73. The molecule has 0 aromatic rings. The lowest BCUT2D eigenvalue weighted by atomic mass is 9.87. The Balaban J connectivity index is 2.23. The van der Waals surface area contributed by atoms with Gasteiger partial charge < -0.3 is 5.73 Å². The van der Waals surface area contributed by atoms with Crippen LogP contribution >= 0.6 is 0 Å². The van der Waals surface area contributed by atoms with Crippen molar-refractivity contribution in [3.8, 4) is 0 Å². The molecule has 0 saturated heterocycles. The Morgan fingerprint density at radius 2 is 1.56 bits per heavy atom. The summed E-state index contributed by atoms with van der Waals surface area (Å²) in [5.74, 6) is 1.80. The monoisotopic (exact) mass is 225 g/mol. The second kappa shape index (κ2) is 8.11. The van der Waals surface area contributed by atoms with Crippen molar-refractivity contribution in [1.82, 2.24) is 0 Å². The van der Waals surface area contributed by atoms with Crippen LogP contribution in [-0.2, 0) is 0 Å². The van der Waals surface area contributed by atoms with Crippen molar-refractivity contribution < 1.29 is 0 Å². The van der Waals surface area contributed by atoms with Crippen LogP contribution < -0.4 is 5.73 Å². The van der Waals surface area contributed by atoms with E-state index in [9.17, 15) is 0 Å². The highest BCUT2D eigenvalue weighted by atomic mass is 14.6. The fraction of sp³-hybridized carbons (Fsp3) is 1.00. The fourth-order valence-corrected chi connectivity index (χ4v) is 3.17. The summed E-state index contributed by atoms with van der Waals surface area (Å²) in [6, 6.07) is 0.466. The van der Waals surface area contributed by atoms with E-state index in [1.165, 1.54) is 64.2 Å². The van der Waals surface area contributed by atoms with Gasteiger partial charge in [0.15, 0.2) is 0 Å². The van der Waals surface area contributed by atoms with Crippen LogP contribution in [0.5, 0.6) is 0 Å². The highest BCUT2D eigenvalue weighted by Crippen LogP contribution is 2.28. The maximum absolute atomic E-state index is 6.31. The number of rotatable bonds is 6. The molecule has 1 rings (SSSR count). The third kappa shape index (κ3) is 5.34. The Bertz CT molecular complexity index is 155. The molecule has 0 aliphatic heterocycles. The average Bonchev–Trinajstić information content (AvgIpc) is 2.54. The van der Waals surface area contributed by atoms with Crippen LogP contribution in [-0.4, -0.2) is 6.04 Å². The Morgan fingerprint density at radius 3 is 2.06 bits per heavy atom. The summed E-state index contributed by atoms with van der Waals surface area (Å²) in [6.45, 7) is 4.60. The molecule has 1 nitrogen and oxygen atoms in total. The van der Waals surface area contributed by atoms with Crippen LogP contribution in [0.15, 0.2) is 0 Å². The summed E-state index contributed by atoms with van der Waals surface area (Å²) < 4.78 is 0. The van der Waals surface area contributed by atoms with E-state index >= 15 is 0 Å². The van der Waals surface area contributed by atoms with Crippen LogP contribution in [0.2, 0.25) is 0 Å². The zero-order valence-electron chi connectivity index (χ0n) is 11.4. The van der Waals surface area contributed by atoms with Crippen molar-refractivity contribution in [3.63, 3.8) is 0 Å². The minimum Gasteiger partial charge on any atom is -0.328 e. The minimum atomic E-state index is 0.466. The summed E-state index contributed by atoms with van der Waals surface area (Å²) in [4.78, 5) is 0. The van der Waals surface area contributed by atoms with Gasteiger partial charge in [-0.3, -0.25) is 0 Å². The molecule has 0 heterocycles. The molecule has 1 atom stereocenters. The predicted molar refractivity (Wildman–Crippen MR) is 72.5 cm³/mol. The van der Waals surface area contributed by atoms with Crippen molar-refractivity contribution in [2.24, 2.45) is 17.6 Å². The minimum absolute atomic E-state index is 0.466. The SMILES string of the molecule is CCC(CC)CC(N)CC1CCCCCC1. The summed E-state index contributed by atoms with van der Waals surface area (Å²) in [7, 11) is 0. The van der Waals surface area contributed by atoms with Crippen LogP contribution in [0, 0.1) is 11.8 Å². The number of hydrogen-bond acceptors (Lipinski definition) is 1. The Hall–Kier alpha value is -0.0400. The Kier molecular flexibility index (Phi) is 7.11. The van der Waals surface area contributed by atoms with Gasteiger partial charge in [-0.05, 0) is 24.7 Å². The fourth-order valence-electron chi connectivity index (χ4n) is 3.17. The van der Waals surface area contributed by atoms with Gasteiger partial charge in [0.05, 0.1) is 0 Å². The van der Waals surface area contributed by atoms with Gasteiger partial charge in [-0.25, -0.2) is 0 Å². The number of nitrogens with two attached hydrogens (primary N) is 1.